The lowest BCUT2D eigenvalue weighted by molar-refractivity contribution is 0.614. The van der Waals surface area contributed by atoms with Gasteiger partial charge in [-0.15, -0.1) is 0 Å². The summed E-state index contributed by atoms with van der Waals surface area (Å²) < 4.78 is 27.9. The molecule has 0 amide bonds. The van der Waals surface area contributed by atoms with Crippen molar-refractivity contribution < 1.29 is 8.78 Å². The van der Waals surface area contributed by atoms with Crippen molar-refractivity contribution in [3.63, 3.8) is 0 Å². The molecule has 4 bridgehead atoms. The summed E-state index contributed by atoms with van der Waals surface area (Å²) in [5.74, 6) is 2.36. The monoisotopic (exact) mass is 308 g/mol. The molecule has 0 fully saturated rings. The lowest BCUT2D eigenvalue weighted by Gasteiger charge is -2.10. The Morgan fingerprint density at radius 3 is 1.50 bits per heavy atom. The molecule has 0 aliphatic carbocycles. The molecule has 2 aromatic rings. The predicted molar refractivity (Wildman–Crippen MR) is 82.8 cm³/mol. The molecule has 0 saturated carbocycles. The summed E-state index contributed by atoms with van der Waals surface area (Å²) in [5, 5.41) is 0. The molecule has 4 heterocycles. The molecule has 2 aromatic carbocycles. The van der Waals surface area contributed by atoms with Gasteiger partial charge in [0, 0.05) is 23.0 Å². The standard InChI is InChI=1S/C16H14F2S2/c17-15-5-11-1-3-13(15)9-20-8-12-2-4-14(10-19-7-11)16(18)6-12/h1-6H,7-10H2. The molecule has 6 rings (SSSR count). The zero-order valence-corrected chi connectivity index (χ0v) is 12.5. The van der Waals surface area contributed by atoms with Crippen molar-refractivity contribution in [2.75, 3.05) is 0 Å². The summed E-state index contributed by atoms with van der Waals surface area (Å²) in [6, 6.07) is 10.9. The van der Waals surface area contributed by atoms with Gasteiger partial charge in [-0.25, -0.2) is 8.78 Å². The lowest BCUT2D eigenvalue weighted by atomic mass is 10.1. The van der Waals surface area contributed by atoms with Crippen molar-refractivity contribution in [1.29, 1.82) is 0 Å². The highest BCUT2D eigenvalue weighted by atomic mass is 32.2. The van der Waals surface area contributed by atoms with Crippen molar-refractivity contribution in [3.8, 4) is 0 Å². The van der Waals surface area contributed by atoms with Crippen LogP contribution in [0.25, 0.3) is 0 Å². The van der Waals surface area contributed by atoms with Gasteiger partial charge < -0.3 is 0 Å². The molecule has 0 aromatic heterocycles. The third-order valence-corrected chi connectivity index (χ3v) is 5.39. The Morgan fingerprint density at radius 1 is 0.650 bits per heavy atom. The molecule has 0 unspecified atom stereocenters. The fourth-order valence-corrected chi connectivity index (χ4v) is 4.10. The predicted octanol–water partition coefficient (Wildman–Crippen LogP) is 5.15. The van der Waals surface area contributed by atoms with Crippen LogP contribution >= 0.6 is 23.5 Å². The van der Waals surface area contributed by atoms with E-state index in [0.717, 1.165) is 22.3 Å². The van der Waals surface area contributed by atoms with Crippen LogP contribution < -0.4 is 0 Å². The first-order chi connectivity index (χ1) is 9.72. The van der Waals surface area contributed by atoms with E-state index >= 15 is 0 Å². The number of hydrogen-bond acceptors (Lipinski definition) is 2. The number of halogens is 2. The summed E-state index contributed by atoms with van der Waals surface area (Å²) in [7, 11) is 0. The van der Waals surface area contributed by atoms with Crippen LogP contribution in [0.15, 0.2) is 36.4 Å². The molecule has 0 saturated heterocycles. The Morgan fingerprint density at radius 2 is 1.10 bits per heavy atom. The van der Waals surface area contributed by atoms with Crippen LogP contribution in [-0.4, -0.2) is 0 Å². The molecule has 20 heavy (non-hydrogen) atoms. The lowest BCUT2D eigenvalue weighted by Crippen LogP contribution is -1.95. The van der Waals surface area contributed by atoms with E-state index in [1.807, 2.05) is 24.3 Å². The Hall–Kier alpha value is -1.00. The Labute approximate surface area is 126 Å². The van der Waals surface area contributed by atoms with E-state index in [2.05, 4.69) is 0 Å². The third-order valence-electron chi connectivity index (χ3n) is 3.29. The van der Waals surface area contributed by atoms with Gasteiger partial charge in [-0.1, -0.05) is 24.3 Å². The molecular formula is C16H14F2S2. The second kappa shape index (κ2) is 6.19. The fraction of sp³-hybridized carbons (Fsp3) is 0.250. The first kappa shape index (κ1) is 14.0. The van der Waals surface area contributed by atoms with Crippen molar-refractivity contribution in [1.82, 2.24) is 0 Å². The van der Waals surface area contributed by atoms with E-state index in [0.29, 0.717) is 23.0 Å². The Balaban J connectivity index is 1.89. The molecule has 4 aliphatic rings. The van der Waals surface area contributed by atoms with Crippen molar-refractivity contribution >= 4 is 23.5 Å². The van der Waals surface area contributed by atoms with E-state index in [9.17, 15) is 8.78 Å². The van der Waals surface area contributed by atoms with E-state index in [1.54, 1.807) is 35.7 Å². The van der Waals surface area contributed by atoms with E-state index < -0.39 is 0 Å². The molecule has 0 spiro atoms. The van der Waals surface area contributed by atoms with Gasteiger partial charge in [-0.2, -0.15) is 23.5 Å². The summed E-state index contributed by atoms with van der Waals surface area (Å²) in [5.41, 5.74) is 3.35. The van der Waals surface area contributed by atoms with E-state index in [1.165, 1.54) is 0 Å². The summed E-state index contributed by atoms with van der Waals surface area (Å²) in [6.45, 7) is 0. The highest BCUT2D eigenvalue weighted by Crippen LogP contribution is 2.26. The molecule has 4 heteroatoms. The maximum atomic E-state index is 13.9. The minimum absolute atomic E-state index is 0.132. The normalized spacial score (nSPS) is 15.3. The summed E-state index contributed by atoms with van der Waals surface area (Å²) in [4.78, 5) is 0. The molecule has 4 aliphatic heterocycles. The summed E-state index contributed by atoms with van der Waals surface area (Å²) in [6.07, 6.45) is 0. The van der Waals surface area contributed by atoms with Gasteiger partial charge >= 0.3 is 0 Å². The van der Waals surface area contributed by atoms with Crippen LogP contribution in [0, 0.1) is 11.6 Å². The maximum Gasteiger partial charge on any atom is 0.127 e. The number of hydrogen-bond donors (Lipinski definition) is 0. The first-order valence-corrected chi connectivity index (χ1v) is 8.73. The third kappa shape index (κ3) is 3.18. The van der Waals surface area contributed by atoms with Crippen LogP contribution in [-0.2, 0) is 23.0 Å². The molecule has 0 nitrogen and oxygen atoms in total. The average molecular weight is 308 g/mol. The van der Waals surface area contributed by atoms with Gasteiger partial charge in [0.25, 0.3) is 0 Å². The average Bonchev–Trinajstić information content (AvgIpc) is 2.43. The second-order valence-corrected chi connectivity index (χ2v) is 6.81. The number of rotatable bonds is 0. The van der Waals surface area contributed by atoms with Crippen LogP contribution in [0.1, 0.15) is 22.3 Å². The molecular weight excluding hydrogens is 294 g/mol. The van der Waals surface area contributed by atoms with Crippen molar-refractivity contribution in [3.05, 3.63) is 70.3 Å². The fourth-order valence-electron chi connectivity index (χ4n) is 2.15. The largest absolute Gasteiger partial charge is 0.207 e. The van der Waals surface area contributed by atoms with Crippen LogP contribution in [0.2, 0.25) is 0 Å². The minimum Gasteiger partial charge on any atom is -0.207 e. The van der Waals surface area contributed by atoms with Gasteiger partial charge in [-0.3, -0.25) is 0 Å². The highest BCUT2D eigenvalue weighted by Gasteiger charge is 2.09. The van der Waals surface area contributed by atoms with Crippen LogP contribution in [0.5, 0.6) is 0 Å². The Bertz CT molecular complexity index is 570. The smallest absolute Gasteiger partial charge is 0.127 e. The van der Waals surface area contributed by atoms with Gasteiger partial charge in [0.15, 0.2) is 0 Å². The van der Waals surface area contributed by atoms with Crippen LogP contribution in [0.4, 0.5) is 8.78 Å². The number of benzene rings is 2. The zero-order valence-electron chi connectivity index (χ0n) is 10.9. The van der Waals surface area contributed by atoms with E-state index in [-0.39, 0.29) is 11.6 Å². The quantitative estimate of drug-likeness (QED) is 0.660. The topological polar surface area (TPSA) is 0 Å². The van der Waals surface area contributed by atoms with E-state index in [4.69, 9.17) is 0 Å². The number of thioether (sulfide) groups is 2. The van der Waals surface area contributed by atoms with Gasteiger partial charge in [0.2, 0.25) is 0 Å². The molecule has 0 atom stereocenters. The maximum absolute atomic E-state index is 13.9. The summed E-state index contributed by atoms with van der Waals surface area (Å²) >= 11 is 3.22. The first-order valence-electron chi connectivity index (χ1n) is 6.42. The second-order valence-electron chi connectivity index (χ2n) is 4.84. The SMILES string of the molecule is Fc1cc2ccc1CSCc1ccc(c(F)c1)CSC2. The van der Waals surface area contributed by atoms with Crippen molar-refractivity contribution in [2.24, 2.45) is 0 Å². The van der Waals surface area contributed by atoms with Gasteiger partial charge in [-0.05, 0) is 34.4 Å². The molecule has 104 valence electrons. The highest BCUT2D eigenvalue weighted by molar-refractivity contribution is 7.98. The van der Waals surface area contributed by atoms with Gasteiger partial charge in [0.1, 0.15) is 11.6 Å². The molecule has 0 N–H and O–H groups in total. The van der Waals surface area contributed by atoms with Crippen molar-refractivity contribution in [2.45, 2.75) is 23.0 Å². The van der Waals surface area contributed by atoms with Crippen LogP contribution in [0.3, 0.4) is 0 Å². The minimum atomic E-state index is -0.132. The molecule has 0 radical (unpaired) electrons. The zero-order chi connectivity index (χ0) is 13.9. The Kier molecular flexibility index (Phi) is 4.32. The van der Waals surface area contributed by atoms with Gasteiger partial charge in [0.05, 0.1) is 0 Å².